The first-order valence-electron chi connectivity index (χ1n) is 5.02. The van der Waals surface area contributed by atoms with Crippen molar-refractivity contribution in [3.8, 4) is 0 Å². The van der Waals surface area contributed by atoms with E-state index in [0.29, 0.717) is 5.82 Å². The molecular weight excluding hydrogens is 224 g/mol. The van der Waals surface area contributed by atoms with Gasteiger partial charge in [0.2, 0.25) is 5.28 Å². The summed E-state index contributed by atoms with van der Waals surface area (Å²) >= 11 is 5.86. The van der Waals surface area contributed by atoms with Crippen molar-refractivity contribution < 1.29 is 0 Å². The molecule has 0 bridgehead atoms. The highest BCUT2D eigenvalue weighted by Gasteiger charge is 2.14. The average molecular weight is 237 g/mol. The van der Waals surface area contributed by atoms with E-state index in [1.54, 1.807) is 6.20 Å². The molecule has 0 aliphatic rings. The summed E-state index contributed by atoms with van der Waals surface area (Å²) in [5, 5.41) is 3.50. The van der Waals surface area contributed by atoms with Crippen LogP contribution in [0.1, 0.15) is 20.8 Å². The number of halogens is 1. The molecule has 0 radical (unpaired) electrons. The lowest BCUT2D eigenvalue weighted by atomic mass is 10.1. The molecule has 5 heteroatoms. The lowest BCUT2D eigenvalue weighted by Crippen LogP contribution is -2.27. The second-order valence-electron chi connectivity index (χ2n) is 4.59. The molecule has 0 fully saturated rings. The first kappa shape index (κ1) is 11.1. The fourth-order valence-corrected chi connectivity index (χ4v) is 1.56. The third-order valence-electron chi connectivity index (χ3n) is 1.92. The quantitative estimate of drug-likeness (QED) is 0.774. The number of nitrogens with zero attached hydrogens (tertiary/aromatic N) is 3. The Balaban J connectivity index is 2.59. The van der Waals surface area contributed by atoms with Crippen LogP contribution >= 0.6 is 11.6 Å². The van der Waals surface area contributed by atoms with Crippen molar-refractivity contribution in [1.82, 2.24) is 15.0 Å². The smallest absolute Gasteiger partial charge is 0.225 e. The number of fused-ring (bicyclic) bond motifs is 1. The molecule has 0 unspecified atom stereocenters. The van der Waals surface area contributed by atoms with Crippen molar-refractivity contribution in [3.05, 3.63) is 23.6 Å². The van der Waals surface area contributed by atoms with Crippen LogP contribution in [-0.4, -0.2) is 20.5 Å². The standard InChI is InChI=1S/C11H13ClN4/c1-11(2,3)16-9-8-7(5-4-6-13-8)14-10(12)15-9/h4-6H,1-3H3,(H,14,15,16). The zero-order chi connectivity index (χ0) is 11.8. The summed E-state index contributed by atoms with van der Waals surface area (Å²) in [4.78, 5) is 12.5. The fourth-order valence-electron chi connectivity index (χ4n) is 1.38. The van der Waals surface area contributed by atoms with Crippen molar-refractivity contribution in [2.75, 3.05) is 5.32 Å². The van der Waals surface area contributed by atoms with E-state index in [1.807, 2.05) is 12.1 Å². The molecule has 1 N–H and O–H groups in total. The predicted molar refractivity (Wildman–Crippen MR) is 65.7 cm³/mol. The summed E-state index contributed by atoms with van der Waals surface area (Å²) in [6.07, 6.45) is 1.72. The Labute approximate surface area is 99.1 Å². The van der Waals surface area contributed by atoms with Crippen molar-refractivity contribution in [2.45, 2.75) is 26.3 Å². The van der Waals surface area contributed by atoms with E-state index in [-0.39, 0.29) is 10.8 Å². The van der Waals surface area contributed by atoms with Crippen LogP contribution in [0.25, 0.3) is 11.0 Å². The van der Waals surface area contributed by atoms with Gasteiger partial charge >= 0.3 is 0 Å². The molecule has 0 aliphatic carbocycles. The topological polar surface area (TPSA) is 50.7 Å². The van der Waals surface area contributed by atoms with Crippen LogP contribution in [0.3, 0.4) is 0 Å². The number of anilines is 1. The molecule has 2 aromatic rings. The van der Waals surface area contributed by atoms with Gasteiger partial charge in [0.1, 0.15) is 5.52 Å². The van der Waals surface area contributed by atoms with Crippen LogP contribution in [0.2, 0.25) is 5.28 Å². The Hall–Kier alpha value is -1.42. The van der Waals surface area contributed by atoms with Crippen LogP contribution in [0.5, 0.6) is 0 Å². The van der Waals surface area contributed by atoms with E-state index < -0.39 is 0 Å². The van der Waals surface area contributed by atoms with Crippen molar-refractivity contribution in [1.29, 1.82) is 0 Å². The molecule has 0 aromatic carbocycles. The van der Waals surface area contributed by atoms with Gasteiger partial charge in [0.05, 0.1) is 5.52 Å². The minimum absolute atomic E-state index is 0.0951. The Bertz CT molecular complexity index is 519. The average Bonchev–Trinajstić information content (AvgIpc) is 2.14. The SMILES string of the molecule is CC(C)(C)Nc1nc(Cl)nc2cccnc12. The molecule has 2 aromatic heterocycles. The van der Waals surface area contributed by atoms with Gasteiger partial charge in [-0.25, -0.2) is 4.98 Å². The Morgan fingerprint density at radius 3 is 2.69 bits per heavy atom. The van der Waals surface area contributed by atoms with Crippen molar-refractivity contribution in [2.24, 2.45) is 0 Å². The predicted octanol–water partition coefficient (Wildman–Crippen LogP) is 2.89. The molecular formula is C11H13ClN4. The molecule has 16 heavy (non-hydrogen) atoms. The molecule has 2 heterocycles. The minimum atomic E-state index is -0.0951. The van der Waals surface area contributed by atoms with Gasteiger partial charge in [0, 0.05) is 11.7 Å². The van der Waals surface area contributed by atoms with E-state index >= 15 is 0 Å². The number of aromatic nitrogens is 3. The number of hydrogen-bond acceptors (Lipinski definition) is 4. The van der Waals surface area contributed by atoms with Gasteiger partial charge in [-0.15, -0.1) is 0 Å². The maximum absolute atomic E-state index is 5.86. The second-order valence-corrected chi connectivity index (χ2v) is 4.93. The van der Waals surface area contributed by atoms with Crippen LogP contribution in [0.4, 0.5) is 5.82 Å². The monoisotopic (exact) mass is 236 g/mol. The fraction of sp³-hybridized carbons (Fsp3) is 0.364. The molecule has 0 atom stereocenters. The molecule has 0 saturated carbocycles. The number of hydrogen-bond donors (Lipinski definition) is 1. The highest BCUT2D eigenvalue weighted by Crippen LogP contribution is 2.22. The summed E-state index contributed by atoms with van der Waals surface area (Å²) in [6, 6.07) is 3.69. The maximum Gasteiger partial charge on any atom is 0.225 e. The maximum atomic E-state index is 5.86. The summed E-state index contributed by atoms with van der Waals surface area (Å²) in [5.74, 6) is 0.670. The van der Waals surface area contributed by atoms with Gasteiger partial charge in [-0.1, -0.05) is 0 Å². The molecule has 0 aliphatic heterocycles. The van der Waals surface area contributed by atoms with Crippen LogP contribution in [0.15, 0.2) is 18.3 Å². The highest BCUT2D eigenvalue weighted by molar-refractivity contribution is 6.28. The summed E-state index contributed by atoms with van der Waals surface area (Å²) in [7, 11) is 0. The zero-order valence-corrected chi connectivity index (χ0v) is 10.2. The molecule has 0 spiro atoms. The molecule has 0 saturated heterocycles. The Morgan fingerprint density at radius 1 is 1.25 bits per heavy atom. The van der Waals surface area contributed by atoms with Crippen LogP contribution in [-0.2, 0) is 0 Å². The molecule has 4 nitrogen and oxygen atoms in total. The first-order valence-corrected chi connectivity index (χ1v) is 5.40. The van der Waals surface area contributed by atoms with E-state index in [1.165, 1.54) is 0 Å². The van der Waals surface area contributed by atoms with Crippen molar-refractivity contribution >= 4 is 28.5 Å². The summed E-state index contributed by atoms with van der Waals surface area (Å²) < 4.78 is 0. The lowest BCUT2D eigenvalue weighted by molar-refractivity contribution is 0.631. The molecule has 0 amide bonds. The van der Waals surface area contributed by atoms with Gasteiger partial charge in [-0.05, 0) is 44.5 Å². The van der Waals surface area contributed by atoms with E-state index in [2.05, 4.69) is 41.0 Å². The van der Waals surface area contributed by atoms with Crippen LogP contribution in [0, 0.1) is 0 Å². The van der Waals surface area contributed by atoms with E-state index in [4.69, 9.17) is 11.6 Å². The van der Waals surface area contributed by atoms with Crippen molar-refractivity contribution in [3.63, 3.8) is 0 Å². The molecule has 84 valence electrons. The third-order valence-corrected chi connectivity index (χ3v) is 2.09. The second kappa shape index (κ2) is 3.87. The van der Waals surface area contributed by atoms with Gasteiger partial charge in [0.15, 0.2) is 5.82 Å². The molecule has 2 rings (SSSR count). The number of rotatable bonds is 1. The minimum Gasteiger partial charge on any atom is -0.364 e. The van der Waals surface area contributed by atoms with Gasteiger partial charge in [0.25, 0.3) is 0 Å². The third kappa shape index (κ3) is 2.39. The highest BCUT2D eigenvalue weighted by atomic mass is 35.5. The first-order chi connectivity index (χ1) is 7.46. The van der Waals surface area contributed by atoms with E-state index in [9.17, 15) is 0 Å². The normalized spacial score (nSPS) is 11.8. The van der Waals surface area contributed by atoms with Gasteiger partial charge < -0.3 is 5.32 Å². The van der Waals surface area contributed by atoms with E-state index in [0.717, 1.165) is 11.0 Å². The zero-order valence-electron chi connectivity index (χ0n) is 9.45. The number of pyridine rings is 1. The van der Waals surface area contributed by atoms with Gasteiger partial charge in [-0.2, -0.15) is 4.98 Å². The largest absolute Gasteiger partial charge is 0.364 e. The van der Waals surface area contributed by atoms with Gasteiger partial charge in [-0.3, -0.25) is 4.98 Å². The summed E-state index contributed by atoms with van der Waals surface area (Å²) in [5.41, 5.74) is 1.39. The Kier molecular flexibility index (Phi) is 2.68. The number of nitrogens with one attached hydrogen (secondary N) is 1. The lowest BCUT2D eigenvalue weighted by Gasteiger charge is -2.21. The van der Waals surface area contributed by atoms with Crippen LogP contribution < -0.4 is 5.32 Å². The Morgan fingerprint density at radius 2 is 2.00 bits per heavy atom. The summed E-state index contributed by atoms with van der Waals surface area (Å²) in [6.45, 7) is 6.16.